The third-order valence-electron chi connectivity index (χ3n) is 2.90. The smallest absolute Gasteiger partial charge is 0.159 e. The molecule has 2 N–H and O–H groups in total. The van der Waals surface area contributed by atoms with E-state index in [0.717, 1.165) is 18.6 Å². The van der Waals surface area contributed by atoms with E-state index in [-0.39, 0.29) is 6.04 Å². The zero-order valence-electron chi connectivity index (χ0n) is 11.3. The molecule has 0 saturated carbocycles. The SMILES string of the molecule is CCCC(O)CNC(COC)c1ccc(F)c(F)c1. The summed E-state index contributed by atoms with van der Waals surface area (Å²) < 4.78 is 31.2. The van der Waals surface area contributed by atoms with E-state index in [1.807, 2.05) is 6.92 Å². The second kappa shape index (κ2) is 8.19. The molecule has 0 radical (unpaired) electrons. The van der Waals surface area contributed by atoms with Crippen LogP contribution < -0.4 is 5.32 Å². The van der Waals surface area contributed by atoms with Crippen LogP contribution in [0.1, 0.15) is 31.4 Å². The summed E-state index contributed by atoms with van der Waals surface area (Å²) in [6.45, 7) is 2.70. The Bertz CT molecular complexity index is 388. The molecule has 0 bridgehead atoms. The molecule has 0 amide bonds. The predicted octanol–water partition coefficient (Wildman–Crippen LogP) is 2.40. The van der Waals surface area contributed by atoms with E-state index in [0.29, 0.717) is 25.1 Å². The third-order valence-corrected chi connectivity index (χ3v) is 2.90. The average molecular weight is 273 g/mol. The first-order valence-electron chi connectivity index (χ1n) is 6.43. The number of hydrogen-bond donors (Lipinski definition) is 2. The molecule has 0 saturated heterocycles. The van der Waals surface area contributed by atoms with Crippen LogP contribution in [0.3, 0.4) is 0 Å². The zero-order chi connectivity index (χ0) is 14.3. The number of aliphatic hydroxyl groups is 1. The van der Waals surface area contributed by atoms with Gasteiger partial charge in [0.25, 0.3) is 0 Å². The minimum absolute atomic E-state index is 0.272. The monoisotopic (exact) mass is 273 g/mol. The lowest BCUT2D eigenvalue weighted by atomic mass is 10.1. The Morgan fingerprint density at radius 3 is 2.63 bits per heavy atom. The lowest BCUT2D eigenvalue weighted by molar-refractivity contribution is 0.133. The van der Waals surface area contributed by atoms with Gasteiger partial charge in [0.2, 0.25) is 0 Å². The van der Waals surface area contributed by atoms with Gasteiger partial charge in [-0.1, -0.05) is 19.4 Å². The number of methoxy groups -OCH3 is 1. The molecule has 1 aromatic carbocycles. The van der Waals surface area contributed by atoms with Crippen molar-refractivity contribution in [3.8, 4) is 0 Å². The standard InChI is InChI=1S/C14H21F2NO2/c1-3-4-11(18)8-17-14(9-19-2)10-5-6-12(15)13(16)7-10/h5-7,11,14,17-18H,3-4,8-9H2,1-2H3. The quantitative estimate of drug-likeness (QED) is 0.764. The van der Waals surface area contributed by atoms with E-state index >= 15 is 0 Å². The summed E-state index contributed by atoms with van der Waals surface area (Å²) in [5.41, 5.74) is 0.601. The number of halogens is 2. The predicted molar refractivity (Wildman–Crippen MR) is 69.9 cm³/mol. The maximum absolute atomic E-state index is 13.2. The van der Waals surface area contributed by atoms with Gasteiger partial charge in [0.05, 0.1) is 18.8 Å². The fraction of sp³-hybridized carbons (Fsp3) is 0.571. The number of benzene rings is 1. The first-order valence-corrected chi connectivity index (χ1v) is 6.43. The van der Waals surface area contributed by atoms with E-state index < -0.39 is 17.7 Å². The van der Waals surface area contributed by atoms with Crippen molar-refractivity contribution in [2.45, 2.75) is 31.9 Å². The van der Waals surface area contributed by atoms with Crippen LogP contribution in [0, 0.1) is 11.6 Å². The number of rotatable bonds is 8. The lowest BCUT2D eigenvalue weighted by Crippen LogP contribution is -2.32. The molecular formula is C14H21F2NO2. The summed E-state index contributed by atoms with van der Waals surface area (Å²) in [6, 6.07) is 3.49. The third kappa shape index (κ3) is 5.22. The maximum Gasteiger partial charge on any atom is 0.159 e. The first kappa shape index (κ1) is 16.0. The van der Waals surface area contributed by atoms with Gasteiger partial charge in [-0.15, -0.1) is 0 Å². The molecule has 0 aliphatic rings. The minimum Gasteiger partial charge on any atom is -0.392 e. The molecule has 1 rings (SSSR count). The van der Waals surface area contributed by atoms with Crippen molar-refractivity contribution < 1.29 is 18.6 Å². The van der Waals surface area contributed by atoms with Gasteiger partial charge in [-0.2, -0.15) is 0 Å². The molecule has 0 fully saturated rings. The summed E-state index contributed by atoms with van der Waals surface area (Å²) in [5.74, 6) is -1.75. The van der Waals surface area contributed by atoms with Crippen molar-refractivity contribution in [3.05, 3.63) is 35.4 Å². The fourth-order valence-corrected chi connectivity index (χ4v) is 1.88. The molecule has 19 heavy (non-hydrogen) atoms. The van der Waals surface area contributed by atoms with Crippen molar-refractivity contribution in [1.29, 1.82) is 0 Å². The highest BCUT2D eigenvalue weighted by atomic mass is 19.2. The second-order valence-corrected chi connectivity index (χ2v) is 4.53. The fourth-order valence-electron chi connectivity index (χ4n) is 1.88. The minimum atomic E-state index is -0.880. The van der Waals surface area contributed by atoms with Gasteiger partial charge in [-0.3, -0.25) is 0 Å². The Labute approximate surface area is 112 Å². The van der Waals surface area contributed by atoms with Crippen LogP contribution in [0.2, 0.25) is 0 Å². The highest BCUT2D eigenvalue weighted by Crippen LogP contribution is 2.17. The van der Waals surface area contributed by atoms with E-state index in [1.54, 1.807) is 0 Å². The highest BCUT2D eigenvalue weighted by Gasteiger charge is 2.14. The van der Waals surface area contributed by atoms with Crippen LogP contribution in [0.25, 0.3) is 0 Å². The van der Waals surface area contributed by atoms with Crippen LogP contribution in [-0.2, 0) is 4.74 Å². The summed E-state index contributed by atoms with van der Waals surface area (Å²) in [7, 11) is 1.54. The maximum atomic E-state index is 13.2. The number of nitrogens with one attached hydrogen (secondary N) is 1. The second-order valence-electron chi connectivity index (χ2n) is 4.53. The van der Waals surface area contributed by atoms with Crippen molar-refractivity contribution in [3.63, 3.8) is 0 Å². The number of aliphatic hydroxyl groups excluding tert-OH is 1. The van der Waals surface area contributed by atoms with Crippen LogP contribution in [0.5, 0.6) is 0 Å². The highest BCUT2D eigenvalue weighted by molar-refractivity contribution is 5.21. The van der Waals surface area contributed by atoms with Gasteiger partial charge in [0, 0.05) is 13.7 Å². The van der Waals surface area contributed by atoms with Gasteiger partial charge in [-0.25, -0.2) is 8.78 Å². The molecule has 1 aromatic rings. The topological polar surface area (TPSA) is 41.5 Å². The Hall–Kier alpha value is -1.04. The molecule has 5 heteroatoms. The van der Waals surface area contributed by atoms with Crippen LogP contribution in [0.4, 0.5) is 8.78 Å². The van der Waals surface area contributed by atoms with Crippen LogP contribution in [0.15, 0.2) is 18.2 Å². The summed E-state index contributed by atoms with van der Waals surface area (Å²) in [5, 5.41) is 12.8. The molecule has 2 unspecified atom stereocenters. The number of hydrogen-bond acceptors (Lipinski definition) is 3. The molecule has 2 atom stereocenters. The molecule has 3 nitrogen and oxygen atoms in total. The van der Waals surface area contributed by atoms with E-state index in [1.165, 1.54) is 13.2 Å². The van der Waals surface area contributed by atoms with Crippen LogP contribution in [-0.4, -0.2) is 31.5 Å². The van der Waals surface area contributed by atoms with Crippen molar-refractivity contribution in [2.75, 3.05) is 20.3 Å². The van der Waals surface area contributed by atoms with Crippen molar-refractivity contribution >= 4 is 0 Å². The van der Waals surface area contributed by atoms with E-state index in [9.17, 15) is 13.9 Å². The van der Waals surface area contributed by atoms with Gasteiger partial charge in [-0.05, 0) is 24.1 Å². The summed E-state index contributed by atoms with van der Waals surface area (Å²) in [6.07, 6.45) is 1.14. The largest absolute Gasteiger partial charge is 0.392 e. The molecule has 0 heterocycles. The van der Waals surface area contributed by atoms with Crippen molar-refractivity contribution in [1.82, 2.24) is 5.32 Å². The van der Waals surface area contributed by atoms with Gasteiger partial charge in [0.1, 0.15) is 0 Å². The normalized spacial score (nSPS) is 14.4. The Balaban J connectivity index is 2.67. The molecular weight excluding hydrogens is 252 g/mol. The van der Waals surface area contributed by atoms with E-state index in [4.69, 9.17) is 4.74 Å². The molecule has 0 spiro atoms. The first-order chi connectivity index (χ1) is 9.08. The molecule has 0 aromatic heterocycles. The van der Waals surface area contributed by atoms with E-state index in [2.05, 4.69) is 5.32 Å². The van der Waals surface area contributed by atoms with Gasteiger partial charge < -0.3 is 15.2 Å². The van der Waals surface area contributed by atoms with Gasteiger partial charge >= 0.3 is 0 Å². The molecule has 0 aliphatic carbocycles. The van der Waals surface area contributed by atoms with Gasteiger partial charge in [0.15, 0.2) is 11.6 Å². The van der Waals surface area contributed by atoms with Crippen LogP contribution >= 0.6 is 0 Å². The average Bonchev–Trinajstić information content (AvgIpc) is 2.38. The zero-order valence-corrected chi connectivity index (χ0v) is 11.3. The number of ether oxygens (including phenoxy) is 1. The molecule has 0 aliphatic heterocycles. The Morgan fingerprint density at radius 2 is 2.05 bits per heavy atom. The van der Waals surface area contributed by atoms with Crippen molar-refractivity contribution in [2.24, 2.45) is 0 Å². The Kier molecular flexibility index (Phi) is 6.91. The lowest BCUT2D eigenvalue weighted by Gasteiger charge is -2.20. The molecule has 108 valence electrons. The summed E-state index contributed by atoms with van der Waals surface area (Å²) >= 11 is 0. The summed E-state index contributed by atoms with van der Waals surface area (Å²) in [4.78, 5) is 0. The Morgan fingerprint density at radius 1 is 1.32 bits per heavy atom.